The van der Waals surface area contributed by atoms with Crippen molar-refractivity contribution >= 4 is 17.5 Å². The van der Waals surface area contributed by atoms with Gasteiger partial charge in [0, 0.05) is 11.3 Å². The maximum absolute atomic E-state index is 11.9. The van der Waals surface area contributed by atoms with E-state index in [1.807, 2.05) is 0 Å². The Morgan fingerprint density at radius 2 is 2.19 bits per heavy atom. The molecule has 1 aromatic carbocycles. The van der Waals surface area contributed by atoms with Gasteiger partial charge in [0.05, 0.1) is 6.07 Å². The van der Waals surface area contributed by atoms with Gasteiger partial charge in [-0.15, -0.1) is 0 Å². The smallest absolute Gasteiger partial charge is 0.395 e. The monoisotopic (exact) mass is 286 g/mol. The molecule has 0 aliphatic rings. The molecule has 0 spiro atoms. The van der Waals surface area contributed by atoms with E-state index < -0.39 is 16.7 Å². The second-order valence-electron chi connectivity index (χ2n) is 3.89. The number of hydrogen-bond donors (Lipinski definition) is 2. The molecule has 0 aliphatic carbocycles. The van der Waals surface area contributed by atoms with Gasteiger partial charge in [-0.1, -0.05) is 17.9 Å². The molecule has 0 fully saturated rings. The maximum atomic E-state index is 11.9. The van der Waals surface area contributed by atoms with Crippen molar-refractivity contribution in [3.63, 3.8) is 0 Å². The number of aliphatic hydroxyl groups excluding tert-OH is 1. The zero-order valence-corrected chi connectivity index (χ0v) is 10.7. The van der Waals surface area contributed by atoms with Gasteiger partial charge < -0.3 is 14.8 Å². The molecule has 0 saturated carbocycles. The summed E-state index contributed by atoms with van der Waals surface area (Å²) >= 11 is 0. The molecule has 0 bridgehead atoms. The van der Waals surface area contributed by atoms with E-state index in [1.165, 1.54) is 6.07 Å². The molecular weight excluding hydrogens is 276 g/mol. The highest BCUT2D eigenvalue weighted by Gasteiger charge is 2.17. The number of hydrogen-bond acceptors (Lipinski definition) is 5. The number of aliphatic hydroxyl groups is 1. The highest BCUT2D eigenvalue weighted by molar-refractivity contribution is 6.02. The van der Waals surface area contributed by atoms with Gasteiger partial charge in [0.1, 0.15) is 11.5 Å². The average molecular weight is 286 g/mol. The van der Waals surface area contributed by atoms with E-state index in [1.54, 1.807) is 24.3 Å². The molecule has 7 nitrogen and oxygen atoms in total. The van der Waals surface area contributed by atoms with E-state index in [9.17, 15) is 14.9 Å². The van der Waals surface area contributed by atoms with Crippen LogP contribution in [0.25, 0.3) is 0 Å². The predicted octanol–water partition coefficient (Wildman–Crippen LogP) is 1.78. The number of amides is 1. The number of nitrogens with one attached hydrogen (secondary N) is 1. The number of carbonyl (C=O) groups is 1. The van der Waals surface area contributed by atoms with Gasteiger partial charge in [-0.2, -0.15) is 0 Å². The van der Waals surface area contributed by atoms with Crippen molar-refractivity contribution in [1.29, 1.82) is 0 Å². The standard InChI is InChI=1S/C14H10N2O5/c17-8-2-4-10-3-1-5-11(9-10)15-14(18)12-6-7-13(21-12)16(19)20/h1,3,5-7,9,17H,8H2,(H,15,18). The number of nitro groups is 1. The molecule has 106 valence electrons. The number of rotatable bonds is 3. The van der Waals surface area contributed by atoms with Crippen LogP contribution in [0.1, 0.15) is 16.1 Å². The van der Waals surface area contributed by atoms with Crippen LogP contribution in [0.5, 0.6) is 0 Å². The molecule has 2 N–H and O–H groups in total. The summed E-state index contributed by atoms with van der Waals surface area (Å²) in [6.07, 6.45) is 0. The minimum atomic E-state index is -0.720. The van der Waals surface area contributed by atoms with Crippen LogP contribution in [-0.4, -0.2) is 22.5 Å². The highest BCUT2D eigenvalue weighted by atomic mass is 16.6. The van der Waals surface area contributed by atoms with Crippen LogP contribution in [-0.2, 0) is 0 Å². The highest BCUT2D eigenvalue weighted by Crippen LogP contribution is 2.17. The molecule has 0 atom stereocenters. The van der Waals surface area contributed by atoms with Gasteiger partial charge >= 0.3 is 5.88 Å². The zero-order chi connectivity index (χ0) is 15.2. The summed E-state index contributed by atoms with van der Waals surface area (Å²) in [5, 5.41) is 21.7. The molecule has 0 saturated heterocycles. The largest absolute Gasteiger partial charge is 0.433 e. The lowest BCUT2D eigenvalue weighted by molar-refractivity contribution is -0.402. The second kappa shape index (κ2) is 6.36. The Morgan fingerprint density at radius 3 is 2.86 bits per heavy atom. The summed E-state index contributed by atoms with van der Waals surface area (Å²) in [6.45, 7) is -0.257. The van der Waals surface area contributed by atoms with E-state index in [0.717, 1.165) is 6.07 Å². The lowest BCUT2D eigenvalue weighted by atomic mass is 10.2. The van der Waals surface area contributed by atoms with Crippen molar-refractivity contribution < 1.29 is 19.2 Å². The van der Waals surface area contributed by atoms with Crippen molar-refractivity contribution in [2.24, 2.45) is 0 Å². The third-order valence-corrected chi connectivity index (χ3v) is 2.43. The molecule has 1 aromatic heterocycles. The fourth-order valence-corrected chi connectivity index (χ4v) is 1.56. The van der Waals surface area contributed by atoms with Crippen molar-refractivity contribution in [2.75, 3.05) is 11.9 Å². The molecule has 0 radical (unpaired) electrons. The topological polar surface area (TPSA) is 106 Å². The summed E-state index contributed by atoms with van der Waals surface area (Å²) < 4.78 is 4.80. The zero-order valence-electron chi connectivity index (χ0n) is 10.7. The van der Waals surface area contributed by atoms with E-state index in [2.05, 4.69) is 17.2 Å². The fraction of sp³-hybridized carbons (Fsp3) is 0.0714. The van der Waals surface area contributed by atoms with Crippen molar-refractivity contribution in [2.45, 2.75) is 0 Å². The normalized spacial score (nSPS) is 9.57. The SMILES string of the molecule is O=C(Nc1cccc(C#CCO)c1)c1ccc([N+](=O)[O-])o1. The summed E-state index contributed by atoms with van der Waals surface area (Å²) in [7, 11) is 0. The summed E-state index contributed by atoms with van der Waals surface area (Å²) in [4.78, 5) is 21.6. The van der Waals surface area contributed by atoms with Gasteiger partial charge in [0.25, 0.3) is 5.91 Å². The predicted molar refractivity (Wildman–Crippen MR) is 73.7 cm³/mol. The first-order valence-corrected chi connectivity index (χ1v) is 5.85. The van der Waals surface area contributed by atoms with E-state index in [0.29, 0.717) is 11.3 Å². The summed E-state index contributed by atoms with van der Waals surface area (Å²) in [6, 6.07) is 8.98. The number of benzene rings is 1. The molecular formula is C14H10N2O5. The van der Waals surface area contributed by atoms with Crippen LogP contribution in [0, 0.1) is 22.0 Å². The molecule has 21 heavy (non-hydrogen) atoms. The number of furan rings is 1. The summed E-state index contributed by atoms with van der Waals surface area (Å²) in [5.41, 5.74) is 1.08. The Balaban J connectivity index is 2.13. The Labute approximate surface area is 119 Å². The second-order valence-corrected chi connectivity index (χ2v) is 3.89. The Hall–Kier alpha value is -3.11. The number of anilines is 1. The first kappa shape index (κ1) is 14.3. The van der Waals surface area contributed by atoms with Gasteiger partial charge in [-0.05, 0) is 24.3 Å². The third-order valence-electron chi connectivity index (χ3n) is 2.43. The summed E-state index contributed by atoms with van der Waals surface area (Å²) in [5.74, 6) is 3.94. The maximum Gasteiger partial charge on any atom is 0.433 e. The van der Waals surface area contributed by atoms with Crippen molar-refractivity contribution in [3.8, 4) is 11.8 Å². The van der Waals surface area contributed by atoms with Crippen molar-refractivity contribution in [1.82, 2.24) is 0 Å². The van der Waals surface area contributed by atoms with Gasteiger partial charge in [-0.25, -0.2) is 0 Å². The van der Waals surface area contributed by atoms with Gasteiger partial charge in [-0.3, -0.25) is 14.9 Å². The van der Waals surface area contributed by atoms with E-state index in [4.69, 9.17) is 9.52 Å². The minimum absolute atomic E-state index is 0.159. The van der Waals surface area contributed by atoms with Crippen molar-refractivity contribution in [3.05, 3.63) is 57.8 Å². The van der Waals surface area contributed by atoms with Crippen LogP contribution in [0.15, 0.2) is 40.8 Å². The number of nitrogens with zero attached hydrogens (tertiary/aromatic N) is 1. The van der Waals surface area contributed by atoms with E-state index >= 15 is 0 Å². The molecule has 0 aliphatic heterocycles. The molecule has 7 heteroatoms. The first-order chi connectivity index (χ1) is 10.1. The quantitative estimate of drug-likeness (QED) is 0.508. The average Bonchev–Trinajstić information content (AvgIpc) is 2.95. The van der Waals surface area contributed by atoms with Crippen LogP contribution >= 0.6 is 0 Å². The Bertz CT molecular complexity index is 739. The Morgan fingerprint density at radius 1 is 1.38 bits per heavy atom. The lowest BCUT2D eigenvalue weighted by Gasteiger charge is -2.03. The number of carbonyl (C=O) groups excluding carboxylic acids is 1. The van der Waals surface area contributed by atoms with Crippen LogP contribution in [0.3, 0.4) is 0 Å². The molecule has 2 aromatic rings. The van der Waals surface area contributed by atoms with Crippen LogP contribution < -0.4 is 5.32 Å². The minimum Gasteiger partial charge on any atom is -0.395 e. The Kier molecular flexibility index (Phi) is 4.33. The first-order valence-electron chi connectivity index (χ1n) is 5.85. The molecule has 2 rings (SSSR count). The molecule has 1 heterocycles. The molecule has 0 unspecified atom stereocenters. The third kappa shape index (κ3) is 3.68. The fourth-order valence-electron chi connectivity index (χ4n) is 1.56. The van der Waals surface area contributed by atoms with Gasteiger partial charge in [0.2, 0.25) is 0 Å². The van der Waals surface area contributed by atoms with E-state index in [-0.39, 0.29) is 12.4 Å². The van der Waals surface area contributed by atoms with Gasteiger partial charge in [0.15, 0.2) is 5.76 Å². The van der Waals surface area contributed by atoms with Crippen LogP contribution in [0.4, 0.5) is 11.6 Å². The van der Waals surface area contributed by atoms with Crippen LogP contribution in [0.2, 0.25) is 0 Å². The lowest BCUT2D eigenvalue weighted by Crippen LogP contribution is -2.10. The molecule has 1 amide bonds.